The van der Waals surface area contributed by atoms with Crippen LogP contribution in [0.4, 0.5) is 5.69 Å². The van der Waals surface area contributed by atoms with Gasteiger partial charge in [0.05, 0.1) is 17.2 Å². The monoisotopic (exact) mass is 467 g/mol. The minimum absolute atomic E-state index is 0.0160. The Hall–Kier alpha value is -3.32. The molecule has 0 aromatic heterocycles. The molecule has 33 heavy (non-hydrogen) atoms. The Morgan fingerprint density at radius 2 is 1.45 bits per heavy atom. The summed E-state index contributed by atoms with van der Waals surface area (Å²) in [5, 5.41) is 0. The molecule has 0 saturated heterocycles. The van der Waals surface area contributed by atoms with Crippen LogP contribution in [0.25, 0.3) is 0 Å². The first kappa shape index (κ1) is 24.3. The maximum absolute atomic E-state index is 13.4. The predicted molar refractivity (Wildman–Crippen MR) is 129 cm³/mol. The molecular formula is C26H29NO5S. The molecular weight excluding hydrogens is 438 g/mol. The topological polar surface area (TPSA) is 72.9 Å². The van der Waals surface area contributed by atoms with Crippen LogP contribution in [-0.2, 0) is 20.2 Å². The smallest absolute Gasteiger partial charge is 0.278 e. The molecule has 0 fully saturated rings. The summed E-state index contributed by atoms with van der Waals surface area (Å²) in [7, 11) is -4.16. The molecule has 0 atom stereocenters. The minimum Gasteiger partial charge on any atom is -0.494 e. The van der Waals surface area contributed by atoms with Crippen LogP contribution in [0.2, 0.25) is 0 Å². The van der Waals surface area contributed by atoms with Crippen LogP contribution in [0.5, 0.6) is 11.5 Å². The lowest BCUT2D eigenvalue weighted by Gasteiger charge is -2.25. The number of carbonyl (C=O) groups excluding carboxylic acids is 1. The lowest BCUT2D eigenvalue weighted by atomic mass is 9.86. The second-order valence-corrected chi connectivity index (χ2v) is 10.2. The second-order valence-electron chi connectivity index (χ2n) is 8.44. The van der Waals surface area contributed by atoms with Gasteiger partial charge in [0.25, 0.3) is 15.9 Å². The van der Waals surface area contributed by atoms with Crippen molar-refractivity contribution >= 4 is 21.6 Å². The van der Waals surface area contributed by atoms with Crippen LogP contribution in [0.1, 0.15) is 33.3 Å². The first-order valence-electron chi connectivity index (χ1n) is 10.7. The van der Waals surface area contributed by atoms with Crippen LogP contribution in [0.3, 0.4) is 0 Å². The largest absolute Gasteiger partial charge is 0.494 e. The van der Waals surface area contributed by atoms with E-state index in [1.54, 1.807) is 48.5 Å². The van der Waals surface area contributed by atoms with Crippen molar-refractivity contribution in [3.63, 3.8) is 0 Å². The fourth-order valence-corrected chi connectivity index (χ4v) is 4.80. The summed E-state index contributed by atoms with van der Waals surface area (Å²) in [6.07, 6.45) is 0. The third-order valence-corrected chi connectivity index (χ3v) is 6.70. The molecule has 0 N–H and O–H groups in total. The van der Waals surface area contributed by atoms with Crippen LogP contribution in [0, 0.1) is 0 Å². The Labute approximate surface area is 195 Å². The molecule has 0 aliphatic rings. The van der Waals surface area contributed by atoms with Gasteiger partial charge in [-0.2, -0.15) is 4.31 Å². The number of hydrogen-bond acceptors (Lipinski definition) is 5. The molecule has 0 bridgehead atoms. The van der Waals surface area contributed by atoms with E-state index in [-0.39, 0.29) is 16.0 Å². The number of ether oxygens (including phenoxy) is 2. The minimum atomic E-state index is -4.16. The van der Waals surface area contributed by atoms with Gasteiger partial charge in [-0.3, -0.25) is 4.79 Å². The third-order valence-electron chi connectivity index (χ3n) is 4.94. The van der Waals surface area contributed by atoms with Crippen molar-refractivity contribution in [2.24, 2.45) is 0 Å². The lowest BCUT2D eigenvalue weighted by Crippen LogP contribution is -2.40. The van der Waals surface area contributed by atoms with Gasteiger partial charge in [0.2, 0.25) is 0 Å². The first-order valence-corrected chi connectivity index (χ1v) is 12.2. The van der Waals surface area contributed by atoms with Crippen molar-refractivity contribution in [1.82, 2.24) is 0 Å². The lowest BCUT2D eigenvalue weighted by molar-refractivity contribution is -0.119. The number of para-hydroxylation sites is 1. The van der Waals surface area contributed by atoms with Crippen LogP contribution in [0.15, 0.2) is 83.8 Å². The maximum Gasteiger partial charge on any atom is 0.278 e. The van der Waals surface area contributed by atoms with Crippen molar-refractivity contribution in [2.45, 2.75) is 38.0 Å². The zero-order chi connectivity index (χ0) is 24.1. The zero-order valence-corrected chi connectivity index (χ0v) is 20.1. The average Bonchev–Trinajstić information content (AvgIpc) is 2.79. The summed E-state index contributed by atoms with van der Waals surface area (Å²) < 4.78 is 39.0. The van der Waals surface area contributed by atoms with Crippen molar-refractivity contribution in [3.8, 4) is 11.5 Å². The van der Waals surface area contributed by atoms with Gasteiger partial charge in [0.1, 0.15) is 11.5 Å². The molecule has 0 radical (unpaired) electrons. The molecule has 0 saturated carbocycles. The first-order chi connectivity index (χ1) is 15.6. The van der Waals surface area contributed by atoms with Gasteiger partial charge in [-0.15, -0.1) is 0 Å². The highest BCUT2D eigenvalue weighted by atomic mass is 32.2. The van der Waals surface area contributed by atoms with Gasteiger partial charge in [-0.25, -0.2) is 8.42 Å². The van der Waals surface area contributed by atoms with Crippen molar-refractivity contribution in [2.75, 3.05) is 17.5 Å². The molecule has 0 aliphatic heterocycles. The zero-order valence-electron chi connectivity index (χ0n) is 19.3. The van der Waals surface area contributed by atoms with E-state index in [4.69, 9.17) is 9.47 Å². The summed E-state index contributed by atoms with van der Waals surface area (Å²) in [6.45, 7) is 8.03. The Morgan fingerprint density at radius 1 is 0.848 bits per heavy atom. The number of amides is 1. The fourth-order valence-electron chi connectivity index (χ4n) is 3.37. The van der Waals surface area contributed by atoms with Crippen molar-refractivity contribution < 1.29 is 22.7 Å². The van der Waals surface area contributed by atoms with Crippen LogP contribution in [-0.4, -0.2) is 27.5 Å². The third kappa shape index (κ3) is 5.73. The summed E-state index contributed by atoms with van der Waals surface area (Å²) in [5.41, 5.74) is 0.932. The summed E-state index contributed by atoms with van der Waals surface area (Å²) in [5.74, 6) is 0.426. The number of benzene rings is 3. The Bertz CT molecular complexity index is 1180. The highest BCUT2D eigenvalue weighted by Crippen LogP contribution is 2.31. The predicted octanol–water partition coefficient (Wildman–Crippen LogP) is 5.18. The quantitative estimate of drug-likeness (QED) is 0.456. The number of sulfonamides is 1. The van der Waals surface area contributed by atoms with Gasteiger partial charge >= 0.3 is 0 Å². The van der Waals surface area contributed by atoms with Crippen molar-refractivity contribution in [1.29, 1.82) is 0 Å². The molecule has 0 spiro atoms. The average molecular weight is 468 g/mol. The fraction of sp³-hybridized carbons (Fsp3) is 0.269. The van der Waals surface area contributed by atoms with E-state index < -0.39 is 22.5 Å². The number of rotatable bonds is 8. The van der Waals surface area contributed by atoms with Gasteiger partial charge in [-0.05, 0) is 60.4 Å². The molecule has 174 valence electrons. The van der Waals surface area contributed by atoms with E-state index in [1.807, 2.05) is 45.9 Å². The van der Waals surface area contributed by atoms with Crippen LogP contribution >= 0.6 is 0 Å². The standard InChI is InChI=1S/C26H29NO5S/c1-5-31-21-17-15-20(16-18-21)27(33(29,30)22-11-7-6-8-12-22)25(28)19-32-24-14-10-9-13-23(24)26(2,3)4/h6-18H,5,19H2,1-4H3. The van der Waals surface area contributed by atoms with Gasteiger partial charge < -0.3 is 9.47 Å². The maximum atomic E-state index is 13.4. The molecule has 1 amide bonds. The van der Waals surface area contributed by atoms with E-state index >= 15 is 0 Å². The number of hydrogen-bond donors (Lipinski definition) is 0. The number of carbonyl (C=O) groups is 1. The molecule has 6 nitrogen and oxygen atoms in total. The number of anilines is 1. The normalized spacial score (nSPS) is 11.6. The van der Waals surface area contributed by atoms with Gasteiger partial charge in [0.15, 0.2) is 6.61 Å². The molecule has 0 heterocycles. The van der Waals surface area contributed by atoms with E-state index in [1.165, 1.54) is 12.1 Å². The SMILES string of the molecule is CCOc1ccc(N(C(=O)COc2ccccc2C(C)(C)C)S(=O)(=O)c2ccccc2)cc1. The molecule has 3 aromatic carbocycles. The van der Waals surface area contributed by atoms with E-state index in [0.717, 1.165) is 9.87 Å². The van der Waals surface area contributed by atoms with Crippen LogP contribution < -0.4 is 13.8 Å². The van der Waals surface area contributed by atoms with Gasteiger partial charge in [0, 0.05) is 0 Å². The molecule has 3 rings (SSSR count). The Morgan fingerprint density at radius 3 is 2.06 bits per heavy atom. The second kappa shape index (κ2) is 10.1. The summed E-state index contributed by atoms with van der Waals surface area (Å²) in [6, 6.07) is 21.7. The number of nitrogens with zero attached hydrogens (tertiary/aromatic N) is 1. The molecule has 0 aliphatic carbocycles. The summed E-state index contributed by atoms with van der Waals surface area (Å²) in [4.78, 5) is 13.3. The Kier molecular flexibility index (Phi) is 7.43. The molecule has 7 heteroatoms. The molecule has 3 aromatic rings. The van der Waals surface area contributed by atoms with E-state index in [9.17, 15) is 13.2 Å². The van der Waals surface area contributed by atoms with E-state index in [2.05, 4.69) is 0 Å². The Balaban J connectivity index is 1.95. The summed E-state index contributed by atoms with van der Waals surface area (Å²) >= 11 is 0. The molecule has 0 unspecified atom stereocenters. The van der Waals surface area contributed by atoms with Gasteiger partial charge in [-0.1, -0.05) is 57.2 Å². The highest BCUT2D eigenvalue weighted by Gasteiger charge is 2.31. The highest BCUT2D eigenvalue weighted by molar-refractivity contribution is 7.93. The van der Waals surface area contributed by atoms with Crippen molar-refractivity contribution in [3.05, 3.63) is 84.4 Å². The van der Waals surface area contributed by atoms with E-state index in [0.29, 0.717) is 18.1 Å².